The van der Waals surface area contributed by atoms with Crippen LogP contribution in [0, 0.1) is 5.82 Å². The molecule has 4 heteroatoms. The molecule has 0 saturated heterocycles. The summed E-state index contributed by atoms with van der Waals surface area (Å²) in [5, 5.41) is 0.461. The number of rotatable bonds is 2. The molecule has 56 valence electrons. The number of halogens is 3. The van der Waals surface area contributed by atoms with E-state index >= 15 is 0 Å². The van der Waals surface area contributed by atoms with Crippen LogP contribution in [0.25, 0.3) is 0 Å². The van der Waals surface area contributed by atoms with Gasteiger partial charge in [-0.15, -0.1) is 4.55 Å². The first-order valence-electron chi connectivity index (χ1n) is 3.24. The summed E-state index contributed by atoms with van der Waals surface area (Å²) in [5.74, 6) is -0.190. The topological polar surface area (TPSA) is 0 Å². The summed E-state index contributed by atoms with van der Waals surface area (Å²) in [6.07, 6.45) is 0. The molecule has 0 atom stereocenters. The quantitative estimate of drug-likeness (QED) is 0.705. The highest BCUT2D eigenvalue weighted by Gasteiger charge is 2.02. The molecule has 0 saturated carbocycles. The Kier molecular flexibility index (Phi) is 4.13. The molecule has 0 unspecified atom stereocenters. The minimum Gasteiger partial charge on any atom is -0.306 e. The van der Waals surface area contributed by atoms with E-state index < -0.39 is 0 Å². The van der Waals surface area contributed by atoms with E-state index in [-0.39, 0.29) is 24.0 Å². The second kappa shape index (κ2) is 4.65. The first-order chi connectivity index (χ1) is 5.24. The van der Waals surface area contributed by atoms with Gasteiger partial charge in [-0.1, -0.05) is 17.7 Å². The summed E-state index contributed by atoms with van der Waals surface area (Å²) < 4.78 is 13.8. The monoisotopic (exact) mass is 246 g/mol. The molecule has 0 N–H and O–H groups in total. The molecule has 0 aliphatic heterocycles. The first kappa shape index (κ1) is 9.77. The van der Waals surface area contributed by atoms with Crippen LogP contribution in [0.2, 0.25) is 5.02 Å². The lowest BCUT2D eigenvalue weighted by Gasteiger charge is -1.99. The number of hydrogen-bond acceptors (Lipinski definition) is 0. The lowest BCUT2D eigenvalue weighted by molar-refractivity contribution is 0.617. The SMILES string of the molecule is Fc1cc(Cl)ccc1[CH2][Mg][Br]. The van der Waals surface area contributed by atoms with E-state index in [0.29, 0.717) is 5.02 Å². The molecule has 0 bridgehead atoms. The van der Waals surface area contributed by atoms with Gasteiger partial charge in [0.15, 0.2) is 0 Å². The van der Waals surface area contributed by atoms with E-state index in [2.05, 4.69) is 12.9 Å². The van der Waals surface area contributed by atoms with Gasteiger partial charge in [0.1, 0.15) is 5.82 Å². The zero-order chi connectivity index (χ0) is 8.27. The molecular weight excluding hydrogens is 243 g/mol. The van der Waals surface area contributed by atoms with Crippen LogP contribution in [0.4, 0.5) is 4.39 Å². The molecule has 1 rings (SSSR count). The standard InChI is InChI=1S/C7H5ClF.BrH.Mg/c1-5-2-3-6(8)4-7(5)9;;/h2-4H,1H2;1H;/q;;+1/p-1. The van der Waals surface area contributed by atoms with Crippen LogP contribution in [0.1, 0.15) is 5.56 Å². The molecule has 0 fully saturated rings. The van der Waals surface area contributed by atoms with Gasteiger partial charge >= 0.3 is 18.2 Å². The molecule has 0 aliphatic carbocycles. The molecule has 0 radical (unpaired) electrons. The van der Waals surface area contributed by atoms with E-state index in [4.69, 9.17) is 11.6 Å². The van der Waals surface area contributed by atoms with E-state index in [1.54, 1.807) is 12.1 Å². The van der Waals surface area contributed by atoms with Crippen molar-refractivity contribution in [3.63, 3.8) is 0 Å². The van der Waals surface area contributed by atoms with Gasteiger partial charge in [-0.05, 0) is 17.7 Å². The third-order valence-electron chi connectivity index (χ3n) is 1.38. The Morgan fingerprint density at radius 2 is 2.27 bits per heavy atom. The van der Waals surface area contributed by atoms with E-state index in [9.17, 15) is 4.39 Å². The Morgan fingerprint density at radius 1 is 1.55 bits per heavy atom. The van der Waals surface area contributed by atoms with Crippen molar-refractivity contribution >= 4 is 42.7 Å². The van der Waals surface area contributed by atoms with Crippen molar-refractivity contribution in [1.82, 2.24) is 0 Å². The average Bonchev–Trinajstić information content (AvgIpc) is 1.95. The van der Waals surface area contributed by atoms with Gasteiger partial charge in [0, 0.05) is 5.02 Å². The number of hydrogen-bond donors (Lipinski definition) is 0. The molecular formula is C7H5BrClFMg. The predicted octanol–water partition coefficient (Wildman–Crippen LogP) is 2.99. The van der Waals surface area contributed by atoms with Crippen LogP contribution >= 0.6 is 24.5 Å². The van der Waals surface area contributed by atoms with Crippen molar-refractivity contribution in [1.29, 1.82) is 0 Å². The molecule has 0 aromatic heterocycles. The van der Waals surface area contributed by atoms with Crippen LogP contribution in [0.15, 0.2) is 18.2 Å². The molecule has 11 heavy (non-hydrogen) atoms. The summed E-state index contributed by atoms with van der Waals surface area (Å²) in [7, 11) is 0. The highest BCUT2D eigenvalue weighted by Crippen LogP contribution is 2.14. The second-order valence-corrected chi connectivity index (χ2v) is 5.87. The molecule has 0 amide bonds. The molecule has 0 heterocycles. The van der Waals surface area contributed by atoms with Crippen LogP contribution < -0.4 is 0 Å². The van der Waals surface area contributed by atoms with Gasteiger partial charge in [-0.25, -0.2) is 4.39 Å². The minimum absolute atomic E-state index is 0.190. The first-order valence-corrected chi connectivity index (χ1v) is 8.51. The third-order valence-corrected chi connectivity index (χ3v) is 3.53. The summed E-state index contributed by atoms with van der Waals surface area (Å²) in [6.45, 7) is 0. The fraction of sp³-hybridized carbons (Fsp3) is 0.143. The lowest BCUT2D eigenvalue weighted by atomic mass is 10.2. The van der Waals surface area contributed by atoms with Crippen molar-refractivity contribution in [3.05, 3.63) is 34.6 Å². The minimum atomic E-state index is -0.289. The summed E-state index contributed by atoms with van der Waals surface area (Å²) in [4.78, 5) is 0. The van der Waals surface area contributed by atoms with E-state index in [1.165, 1.54) is 6.07 Å². The van der Waals surface area contributed by atoms with Crippen LogP contribution in [-0.2, 0) is 4.55 Å². The van der Waals surface area contributed by atoms with Crippen LogP contribution in [-0.4, -0.2) is 18.2 Å². The van der Waals surface area contributed by atoms with Crippen molar-refractivity contribution in [2.45, 2.75) is 4.55 Å². The fourth-order valence-corrected chi connectivity index (χ4v) is 2.88. The maximum atomic E-state index is 13.0. The Balaban J connectivity index is 2.90. The van der Waals surface area contributed by atoms with Crippen LogP contribution in [0.3, 0.4) is 0 Å². The third kappa shape index (κ3) is 2.90. The van der Waals surface area contributed by atoms with Gasteiger partial charge < -0.3 is 12.9 Å². The molecule has 0 aliphatic rings. The highest BCUT2D eigenvalue weighted by atomic mass is 79.9. The Hall–Kier alpha value is 0.686. The smallest absolute Gasteiger partial charge is 0.306 e. The Labute approximate surface area is 85.7 Å². The van der Waals surface area contributed by atoms with Gasteiger partial charge in [0.2, 0.25) is 0 Å². The van der Waals surface area contributed by atoms with Gasteiger partial charge in [0.25, 0.3) is 0 Å². The zero-order valence-electron chi connectivity index (χ0n) is 5.78. The predicted molar refractivity (Wildman–Crippen MR) is 49.8 cm³/mol. The van der Waals surface area contributed by atoms with E-state index in [1.807, 2.05) is 0 Å². The normalized spacial score (nSPS) is 9.36. The van der Waals surface area contributed by atoms with Gasteiger partial charge in [-0.3, -0.25) is 0 Å². The van der Waals surface area contributed by atoms with Crippen LogP contribution in [0.5, 0.6) is 0 Å². The fourth-order valence-electron chi connectivity index (χ4n) is 0.826. The zero-order valence-corrected chi connectivity index (χ0v) is 9.54. The van der Waals surface area contributed by atoms with Crippen molar-refractivity contribution in [3.8, 4) is 0 Å². The highest BCUT2D eigenvalue weighted by molar-refractivity contribution is 9.23. The number of benzene rings is 1. The Bertz CT molecular complexity index is 254. The Morgan fingerprint density at radius 3 is 2.82 bits per heavy atom. The largest absolute Gasteiger partial charge is 0.473 e. The van der Waals surface area contributed by atoms with Crippen molar-refractivity contribution in [2.75, 3.05) is 0 Å². The maximum Gasteiger partial charge on any atom is 0.473 e. The molecule has 1 aromatic carbocycles. The lowest BCUT2D eigenvalue weighted by Crippen LogP contribution is -1.92. The summed E-state index contributed by atoms with van der Waals surface area (Å²) >= 11 is 8.67. The summed E-state index contributed by atoms with van der Waals surface area (Å²) in [5.41, 5.74) is 0.762. The molecule has 0 spiro atoms. The van der Waals surface area contributed by atoms with Crippen molar-refractivity contribution < 1.29 is 4.39 Å². The second-order valence-electron chi connectivity index (χ2n) is 2.17. The van der Waals surface area contributed by atoms with Crippen molar-refractivity contribution in [2.24, 2.45) is 0 Å². The molecule has 1 aromatic rings. The van der Waals surface area contributed by atoms with Gasteiger partial charge in [-0.2, -0.15) is 0 Å². The summed E-state index contributed by atoms with van der Waals surface area (Å²) in [6, 6.07) is 4.82. The average molecular weight is 248 g/mol. The maximum absolute atomic E-state index is 13.0. The molecule has 0 nitrogen and oxygen atoms in total. The van der Waals surface area contributed by atoms with E-state index in [0.717, 1.165) is 10.1 Å². The van der Waals surface area contributed by atoms with Gasteiger partial charge in [0.05, 0.1) is 0 Å².